The molecule has 4 aromatic rings. The average molecular weight is 609 g/mol. The van der Waals surface area contributed by atoms with Crippen LogP contribution < -0.4 is 0 Å². The molecule has 222 valence electrons. The van der Waals surface area contributed by atoms with E-state index in [4.69, 9.17) is 10.3 Å². The number of rotatable bonds is 10. The standard InChI is InChI=1S/C31H28N8O4S/c32-13-20-6-8-21(9-7-20)27(40)10-28-37-31(11-22-14-33-18-35-22,12-23-15-34-19-36-23)30(41)39(28)29-25-16-38(17-26(25)29)44(42,43)24-4-2-1-3-5-24/h1-9,14-15,18-19,25-26,29H,10-12,16-17H2,(H,33,35)(H,34,36). The first-order chi connectivity index (χ1) is 21.3. The summed E-state index contributed by atoms with van der Waals surface area (Å²) < 4.78 is 28.1. The molecule has 0 radical (unpaired) electrons. The number of H-pyrrole nitrogens is 2. The molecule has 12 nitrogen and oxygen atoms in total. The number of amides is 1. The highest BCUT2D eigenvalue weighted by Crippen LogP contribution is 2.52. The SMILES string of the molecule is N#Cc1ccc(C(=O)CC2=NC(Cc3cnc[nH]3)(Cc3cnc[nH]3)C(=O)N2C2C3CN(S(=O)(=O)c4ccccc4)CC32)cc1. The summed E-state index contributed by atoms with van der Waals surface area (Å²) in [5.41, 5.74) is 1.03. The second-order valence-corrected chi connectivity index (χ2v) is 13.4. The van der Waals surface area contributed by atoms with Crippen LogP contribution in [0, 0.1) is 23.2 Å². The maximum atomic E-state index is 14.6. The van der Waals surface area contributed by atoms with Crippen LogP contribution in [0.2, 0.25) is 0 Å². The fourth-order valence-corrected chi connectivity index (χ4v) is 8.10. The topological polar surface area (TPSA) is 168 Å². The van der Waals surface area contributed by atoms with E-state index in [1.807, 2.05) is 0 Å². The van der Waals surface area contributed by atoms with Gasteiger partial charge in [0, 0.05) is 73.2 Å². The zero-order valence-electron chi connectivity index (χ0n) is 23.5. The number of aromatic nitrogens is 4. The molecule has 2 unspecified atom stereocenters. The fourth-order valence-electron chi connectivity index (χ4n) is 6.56. The number of imidazole rings is 2. The van der Waals surface area contributed by atoms with Crippen LogP contribution in [0.4, 0.5) is 0 Å². The number of piperidine rings is 1. The Balaban J connectivity index is 1.20. The second-order valence-electron chi connectivity index (χ2n) is 11.5. The Kier molecular flexibility index (Phi) is 6.75. The van der Waals surface area contributed by atoms with Gasteiger partial charge < -0.3 is 9.97 Å². The van der Waals surface area contributed by atoms with E-state index < -0.39 is 15.6 Å². The third-order valence-electron chi connectivity index (χ3n) is 8.76. The maximum absolute atomic E-state index is 14.6. The van der Waals surface area contributed by atoms with Crippen LogP contribution in [-0.4, -0.2) is 79.8 Å². The first-order valence-corrected chi connectivity index (χ1v) is 15.7. The lowest BCUT2D eigenvalue weighted by Crippen LogP contribution is -2.49. The Bertz CT molecular complexity index is 1830. The largest absolute Gasteiger partial charge is 0.348 e. The van der Waals surface area contributed by atoms with Gasteiger partial charge in [-0.05, 0) is 24.3 Å². The zero-order valence-corrected chi connectivity index (χ0v) is 24.3. The monoisotopic (exact) mass is 608 g/mol. The highest BCUT2D eigenvalue weighted by Gasteiger charge is 2.65. The molecule has 2 fully saturated rings. The first-order valence-electron chi connectivity index (χ1n) is 14.2. The fraction of sp³-hybridized carbons (Fsp3) is 0.290. The molecule has 1 saturated carbocycles. The number of ketones is 1. The van der Waals surface area contributed by atoms with E-state index in [1.54, 1.807) is 84.5 Å². The Labute approximate surface area is 253 Å². The van der Waals surface area contributed by atoms with Gasteiger partial charge in [-0.25, -0.2) is 18.4 Å². The molecular weight excluding hydrogens is 580 g/mol. The van der Waals surface area contributed by atoms with Crippen LogP contribution >= 0.6 is 0 Å². The molecule has 2 aliphatic heterocycles. The van der Waals surface area contributed by atoms with Crippen molar-refractivity contribution in [2.75, 3.05) is 13.1 Å². The van der Waals surface area contributed by atoms with Crippen molar-refractivity contribution >= 4 is 27.5 Å². The molecule has 13 heteroatoms. The van der Waals surface area contributed by atoms with Gasteiger partial charge in [-0.1, -0.05) is 30.3 Å². The minimum Gasteiger partial charge on any atom is -0.348 e. The van der Waals surface area contributed by atoms with Crippen LogP contribution in [0.5, 0.6) is 0 Å². The molecule has 2 aromatic carbocycles. The Morgan fingerprint density at radius 3 is 2.11 bits per heavy atom. The first kappa shape index (κ1) is 27.9. The third kappa shape index (κ3) is 4.82. The van der Waals surface area contributed by atoms with Crippen LogP contribution in [0.1, 0.15) is 33.7 Å². The molecule has 2 atom stereocenters. The summed E-state index contributed by atoms with van der Waals surface area (Å²) in [6, 6.07) is 16.5. The number of fused-ring (bicyclic) bond motifs is 1. The smallest absolute Gasteiger partial charge is 0.256 e. The molecular formula is C31H28N8O4S. The van der Waals surface area contributed by atoms with Crippen molar-refractivity contribution in [3.05, 3.63) is 102 Å². The van der Waals surface area contributed by atoms with E-state index in [-0.39, 0.29) is 66.8 Å². The van der Waals surface area contributed by atoms with Crippen molar-refractivity contribution in [2.45, 2.75) is 35.7 Å². The van der Waals surface area contributed by atoms with Gasteiger partial charge in [0.15, 0.2) is 11.3 Å². The van der Waals surface area contributed by atoms with Crippen LogP contribution in [-0.2, 0) is 27.7 Å². The van der Waals surface area contributed by atoms with Gasteiger partial charge in [-0.15, -0.1) is 0 Å². The zero-order chi connectivity index (χ0) is 30.5. The summed E-state index contributed by atoms with van der Waals surface area (Å²) in [6.07, 6.45) is 6.73. The predicted octanol–water partition coefficient (Wildman–Crippen LogP) is 2.36. The van der Waals surface area contributed by atoms with E-state index in [0.29, 0.717) is 17.0 Å². The molecule has 3 aliphatic rings. The van der Waals surface area contributed by atoms with Gasteiger partial charge in [-0.3, -0.25) is 19.5 Å². The Morgan fingerprint density at radius 1 is 0.955 bits per heavy atom. The summed E-state index contributed by atoms with van der Waals surface area (Å²) in [4.78, 5) is 49.4. The Hall–Kier alpha value is -4.93. The number of sulfonamides is 1. The lowest BCUT2D eigenvalue weighted by molar-refractivity contribution is -0.132. The van der Waals surface area contributed by atoms with E-state index in [1.165, 1.54) is 4.31 Å². The second kappa shape index (κ2) is 10.7. The number of aliphatic imine (C=N–C) groups is 1. The summed E-state index contributed by atoms with van der Waals surface area (Å²) >= 11 is 0. The third-order valence-corrected chi connectivity index (χ3v) is 10.6. The molecule has 1 amide bonds. The van der Waals surface area contributed by atoms with Crippen molar-refractivity contribution in [3.63, 3.8) is 0 Å². The molecule has 1 saturated heterocycles. The summed E-state index contributed by atoms with van der Waals surface area (Å²) in [7, 11) is -3.67. The molecule has 4 heterocycles. The number of nitriles is 1. The van der Waals surface area contributed by atoms with Gasteiger partial charge in [0.2, 0.25) is 10.0 Å². The number of aromatic amines is 2. The molecule has 2 N–H and O–H groups in total. The lowest BCUT2D eigenvalue weighted by atomic mass is 9.88. The van der Waals surface area contributed by atoms with Crippen molar-refractivity contribution in [2.24, 2.45) is 16.8 Å². The lowest BCUT2D eigenvalue weighted by Gasteiger charge is -2.28. The number of nitrogens with zero attached hydrogens (tertiary/aromatic N) is 6. The van der Waals surface area contributed by atoms with Gasteiger partial charge in [-0.2, -0.15) is 9.57 Å². The number of hydrogen-bond donors (Lipinski definition) is 2. The molecule has 1 aliphatic carbocycles. The molecule has 44 heavy (non-hydrogen) atoms. The number of Topliss-reactive ketones (excluding diaryl/α,β-unsaturated/α-hetero) is 1. The summed E-state index contributed by atoms with van der Waals surface area (Å²) in [5.74, 6) is -0.268. The van der Waals surface area contributed by atoms with E-state index in [9.17, 15) is 18.0 Å². The number of carbonyl (C=O) groups is 2. The van der Waals surface area contributed by atoms with E-state index >= 15 is 0 Å². The van der Waals surface area contributed by atoms with E-state index in [2.05, 4.69) is 26.0 Å². The quantitative estimate of drug-likeness (QED) is 0.261. The van der Waals surface area contributed by atoms with Crippen LogP contribution in [0.3, 0.4) is 0 Å². The molecule has 7 rings (SSSR count). The van der Waals surface area contributed by atoms with Crippen molar-refractivity contribution in [3.8, 4) is 6.07 Å². The number of amidine groups is 1. The highest BCUT2D eigenvalue weighted by molar-refractivity contribution is 7.89. The number of benzene rings is 2. The number of hydrogen-bond acceptors (Lipinski definition) is 8. The number of carbonyl (C=O) groups excluding carboxylic acids is 2. The van der Waals surface area contributed by atoms with Gasteiger partial charge in [0.25, 0.3) is 5.91 Å². The van der Waals surface area contributed by atoms with Gasteiger partial charge >= 0.3 is 0 Å². The molecule has 2 aromatic heterocycles. The van der Waals surface area contributed by atoms with Crippen molar-refractivity contribution in [1.82, 2.24) is 29.1 Å². The Morgan fingerprint density at radius 2 is 1.57 bits per heavy atom. The van der Waals surface area contributed by atoms with Crippen molar-refractivity contribution in [1.29, 1.82) is 5.26 Å². The average Bonchev–Trinajstić information content (AvgIpc) is 3.64. The highest BCUT2D eigenvalue weighted by atomic mass is 32.2. The maximum Gasteiger partial charge on any atom is 0.256 e. The molecule has 0 bridgehead atoms. The van der Waals surface area contributed by atoms with Crippen molar-refractivity contribution < 1.29 is 18.0 Å². The minimum absolute atomic E-state index is 0.0808. The minimum atomic E-state index is -3.67. The van der Waals surface area contributed by atoms with Gasteiger partial charge in [0.1, 0.15) is 5.84 Å². The van der Waals surface area contributed by atoms with Gasteiger partial charge in [0.05, 0.1) is 35.6 Å². The predicted molar refractivity (Wildman–Crippen MR) is 158 cm³/mol. The van der Waals surface area contributed by atoms with Crippen LogP contribution in [0.15, 0.2) is 89.5 Å². The van der Waals surface area contributed by atoms with E-state index in [0.717, 1.165) is 11.4 Å². The summed E-state index contributed by atoms with van der Waals surface area (Å²) in [5, 5.41) is 9.16. The van der Waals surface area contributed by atoms with Crippen LogP contribution in [0.25, 0.3) is 0 Å². The summed E-state index contributed by atoms with van der Waals surface area (Å²) in [6.45, 7) is 0.558. The number of nitrogens with one attached hydrogen (secondary N) is 2. The normalized spacial score (nSPS) is 22.4. The molecule has 0 spiro atoms.